The lowest BCUT2D eigenvalue weighted by molar-refractivity contribution is -0.142. The maximum atomic E-state index is 12.3. The van der Waals surface area contributed by atoms with E-state index < -0.39 is 5.97 Å². The topological polar surface area (TPSA) is 73.9 Å². The first kappa shape index (κ1) is 18.8. The van der Waals surface area contributed by atoms with Gasteiger partial charge in [-0.25, -0.2) is 4.79 Å². The van der Waals surface area contributed by atoms with E-state index in [-0.39, 0.29) is 12.5 Å². The van der Waals surface area contributed by atoms with Crippen molar-refractivity contribution < 1.29 is 23.8 Å². The van der Waals surface area contributed by atoms with Gasteiger partial charge < -0.3 is 19.5 Å². The molecule has 1 N–H and O–H groups in total. The molecule has 0 aliphatic carbocycles. The summed E-state index contributed by atoms with van der Waals surface area (Å²) in [6.07, 6.45) is 0. The third kappa shape index (κ3) is 5.49. The van der Waals surface area contributed by atoms with Crippen molar-refractivity contribution in [2.45, 2.75) is 6.54 Å². The number of nitrogens with one attached hydrogen (secondary N) is 1. The van der Waals surface area contributed by atoms with Gasteiger partial charge in [0.15, 0.2) is 18.1 Å². The highest BCUT2D eigenvalue weighted by Crippen LogP contribution is 2.28. The Hall–Kier alpha value is -2.54. The summed E-state index contributed by atoms with van der Waals surface area (Å²) in [6, 6.07) is 12.4. The maximum Gasteiger partial charge on any atom is 0.343 e. The van der Waals surface area contributed by atoms with E-state index in [4.69, 9.17) is 9.47 Å². The molecule has 0 aliphatic heterocycles. The molecule has 2 aromatic carbocycles. The second-order valence-corrected chi connectivity index (χ2v) is 5.96. The molecule has 132 valence electrons. The Morgan fingerprint density at radius 2 is 1.88 bits per heavy atom. The van der Waals surface area contributed by atoms with Crippen LogP contribution in [-0.2, 0) is 16.1 Å². The van der Waals surface area contributed by atoms with Gasteiger partial charge in [-0.05, 0) is 35.9 Å². The molecule has 0 heterocycles. The van der Waals surface area contributed by atoms with Crippen molar-refractivity contribution in [1.82, 2.24) is 5.32 Å². The van der Waals surface area contributed by atoms with E-state index in [0.29, 0.717) is 23.6 Å². The average Bonchev–Trinajstić information content (AvgIpc) is 2.64. The number of methoxy groups -OCH3 is 2. The average molecular weight is 408 g/mol. The molecule has 0 aliphatic rings. The number of esters is 1. The molecular formula is C18H18BrNO5. The monoisotopic (exact) mass is 407 g/mol. The molecule has 0 unspecified atom stereocenters. The van der Waals surface area contributed by atoms with Gasteiger partial charge in [-0.15, -0.1) is 0 Å². The summed E-state index contributed by atoms with van der Waals surface area (Å²) < 4.78 is 16.0. The van der Waals surface area contributed by atoms with Gasteiger partial charge in [0, 0.05) is 16.6 Å². The largest absolute Gasteiger partial charge is 0.493 e. The van der Waals surface area contributed by atoms with Crippen molar-refractivity contribution >= 4 is 27.8 Å². The normalized spacial score (nSPS) is 10.0. The van der Waals surface area contributed by atoms with Crippen LogP contribution in [0.3, 0.4) is 0 Å². The zero-order chi connectivity index (χ0) is 18.2. The molecule has 0 fully saturated rings. The highest BCUT2D eigenvalue weighted by atomic mass is 79.9. The highest BCUT2D eigenvalue weighted by molar-refractivity contribution is 9.10. The second-order valence-electron chi connectivity index (χ2n) is 5.04. The van der Waals surface area contributed by atoms with Crippen LogP contribution >= 0.6 is 15.9 Å². The van der Waals surface area contributed by atoms with Gasteiger partial charge in [0.2, 0.25) is 0 Å². The first-order valence-corrected chi connectivity index (χ1v) is 8.23. The molecule has 6 nitrogen and oxygen atoms in total. The van der Waals surface area contributed by atoms with Crippen molar-refractivity contribution in [2.24, 2.45) is 0 Å². The van der Waals surface area contributed by atoms with Crippen molar-refractivity contribution in [3.05, 3.63) is 58.1 Å². The zero-order valence-electron chi connectivity index (χ0n) is 13.9. The van der Waals surface area contributed by atoms with Gasteiger partial charge in [0.05, 0.1) is 14.2 Å². The number of hydrogen-bond donors (Lipinski definition) is 1. The summed E-state index contributed by atoms with van der Waals surface area (Å²) in [7, 11) is 2.74. The van der Waals surface area contributed by atoms with Crippen LogP contribution in [0, 0.1) is 0 Å². The lowest BCUT2D eigenvalue weighted by Gasteiger charge is -2.12. The van der Waals surface area contributed by atoms with Crippen LogP contribution in [0.5, 0.6) is 11.5 Å². The third-order valence-corrected chi connectivity index (χ3v) is 3.83. The molecule has 0 spiro atoms. The van der Waals surface area contributed by atoms with E-state index in [1.165, 1.54) is 14.2 Å². The van der Waals surface area contributed by atoms with Crippen LogP contribution in [0.4, 0.5) is 0 Å². The second kappa shape index (κ2) is 9.08. The molecule has 7 heteroatoms. The van der Waals surface area contributed by atoms with Crippen molar-refractivity contribution in [2.75, 3.05) is 20.8 Å². The lowest BCUT2D eigenvalue weighted by atomic mass is 10.1. The molecule has 25 heavy (non-hydrogen) atoms. The molecule has 0 atom stereocenters. The number of halogens is 1. The highest BCUT2D eigenvalue weighted by Gasteiger charge is 2.12. The Labute approximate surface area is 154 Å². The first-order valence-electron chi connectivity index (χ1n) is 7.43. The molecule has 0 bridgehead atoms. The predicted octanol–water partition coefficient (Wildman–Crippen LogP) is 2.94. The summed E-state index contributed by atoms with van der Waals surface area (Å²) in [5, 5.41) is 2.84. The molecule has 0 saturated heterocycles. The van der Waals surface area contributed by atoms with Crippen LogP contribution in [0.1, 0.15) is 15.9 Å². The number of benzene rings is 2. The van der Waals surface area contributed by atoms with Gasteiger partial charge >= 0.3 is 5.97 Å². The minimum Gasteiger partial charge on any atom is -0.493 e. The van der Waals surface area contributed by atoms with Crippen LogP contribution < -0.4 is 14.8 Å². The first-order chi connectivity index (χ1) is 12.0. The summed E-state index contributed by atoms with van der Waals surface area (Å²) in [4.78, 5) is 23.4. The number of rotatable bonds is 7. The van der Waals surface area contributed by atoms with Crippen LogP contribution in [0.2, 0.25) is 0 Å². The maximum absolute atomic E-state index is 12.3. The minimum absolute atomic E-state index is 0.235. The molecule has 1 amide bonds. The lowest BCUT2D eigenvalue weighted by Crippen LogP contribution is -2.22. The van der Waals surface area contributed by atoms with E-state index in [0.717, 1.165) is 10.0 Å². The predicted molar refractivity (Wildman–Crippen MR) is 95.8 cm³/mol. The minimum atomic E-state index is -0.502. The van der Waals surface area contributed by atoms with Gasteiger partial charge in [-0.1, -0.05) is 28.1 Å². The summed E-state index contributed by atoms with van der Waals surface area (Å²) in [6.45, 7) is 0.169. The Kier molecular flexibility index (Phi) is 6.82. The summed E-state index contributed by atoms with van der Waals surface area (Å²) in [5.74, 6) is -0.0221. The number of carbonyl (C=O) groups is 2. The van der Waals surface area contributed by atoms with Gasteiger partial charge in [0.25, 0.3) is 5.91 Å². The van der Waals surface area contributed by atoms with Gasteiger partial charge in [-0.3, -0.25) is 4.79 Å². The summed E-state index contributed by atoms with van der Waals surface area (Å²) in [5.41, 5.74) is 1.41. The van der Waals surface area contributed by atoms with Crippen molar-refractivity contribution in [3.8, 4) is 11.5 Å². The van der Waals surface area contributed by atoms with E-state index >= 15 is 0 Å². The number of ether oxygens (including phenoxy) is 3. The molecule has 0 aromatic heterocycles. The molecule has 2 aromatic rings. The Morgan fingerprint density at radius 1 is 1.08 bits per heavy atom. The third-order valence-electron chi connectivity index (χ3n) is 3.34. The SMILES string of the molecule is COC(=O)COc1ccc(C(=O)NCc2cccc(Br)c2)cc1OC. The van der Waals surface area contributed by atoms with Crippen LogP contribution in [-0.4, -0.2) is 32.7 Å². The number of hydrogen-bond acceptors (Lipinski definition) is 5. The smallest absolute Gasteiger partial charge is 0.343 e. The van der Waals surface area contributed by atoms with E-state index in [9.17, 15) is 9.59 Å². The number of amides is 1. The Balaban J connectivity index is 2.03. The fraction of sp³-hybridized carbons (Fsp3) is 0.222. The summed E-state index contributed by atoms with van der Waals surface area (Å²) >= 11 is 3.39. The van der Waals surface area contributed by atoms with E-state index in [1.807, 2.05) is 24.3 Å². The van der Waals surface area contributed by atoms with E-state index in [1.54, 1.807) is 18.2 Å². The Bertz CT molecular complexity index is 763. The van der Waals surface area contributed by atoms with Gasteiger partial charge in [-0.2, -0.15) is 0 Å². The van der Waals surface area contributed by atoms with E-state index in [2.05, 4.69) is 26.0 Å². The quantitative estimate of drug-likeness (QED) is 0.714. The fourth-order valence-electron chi connectivity index (χ4n) is 2.06. The Morgan fingerprint density at radius 3 is 2.56 bits per heavy atom. The van der Waals surface area contributed by atoms with Crippen molar-refractivity contribution in [1.29, 1.82) is 0 Å². The fourth-order valence-corrected chi connectivity index (χ4v) is 2.50. The standard InChI is InChI=1S/C18H18BrNO5/c1-23-16-9-13(6-7-15(16)25-11-17(21)24-2)18(22)20-10-12-4-3-5-14(19)8-12/h3-9H,10-11H2,1-2H3,(H,20,22). The van der Waals surface area contributed by atoms with Gasteiger partial charge in [0.1, 0.15) is 0 Å². The van der Waals surface area contributed by atoms with Crippen LogP contribution in [0.15, 0.2) is 46.9 Å². The number of carbonyl (C=O) groups excluding carboxylic acids is 2. The molecule has 2 rings (SSSR count). The molecule has 0 radical (unpaired) electrons. The van der Waals surface area contributed by atoms with Crippen LogP contribution in [0.25, 0.3) is 0 Å². The molecule has 0 saturated carbocycles. The molecular weight excluding hydrogens is 390 g/mol. The zero-order valence-corrected chi connectivity index (χ0v) is 15.5. The van der Waals surface area contributed by atoms with Crippen molar-refractivity contribution in [3.63, 3.8) is 0 Å².